The summed E-state index contributed by atoms with van der Waals surface area (Å²) in [6, 6.07) is 3.77. The van der Waals surface area contributed by atoms with Gasteiger partial charge < -0.3 is 14.5 Å². The number of furan rings is 1. The molecule has 3 rings (SSSR count). The van der Waals surface area contributed by atoms with Crippen LogP contribution in [0.2, 0.25) is 0 Å². The van der Waals surface area contributed by atoms with Crippen LogP contribution in [0.3, 0.4) is 0 Å². The van der Waals surface area contributed by atoms with E-state index in [0.717, 1.165) is 30.8 Å². The molecule has 1 fully saturated rings. The van der Waals surface area contributed by atoms with Gasteiger partial charge in [-0.3, -0.25) is 4.79 Å². The fourth-order valence-corrected chi connectivity index (χ4v) is 4.83. The maximum Gasteiger partial charge on any atom is 0.336 e. The fraction of sp³-hybridized carbons (Fsp3) is 0.529. The number of hydrogen-bond donors (Lipinski definition) is 1. The van der Waals surface area contributed by atoms with Gasteiger partial charge in [-0.25, -0.2) is 4.79 Å². The molecular weight excluding hydrogens is 314 g/mol. The summed E-state index contributed by atoms with van der Waals surface area (Å²) in [5, 5.41) is 3.99. The predicted octanol–water partition coefficient (Wildman–Crippen LogP) is 2.94. The van der Waals surface area contributed by atoms with Gasteiger partial charge in [0.1, 0.15) is 11.5 Å². The lowest BCUT2D eigenvalue weighted by Gasteiger charge is -2.11. The molecule has 23 heavy (non-hydrogen) atoms. The molecular formula is C17H21NO4S. The molecule has 1 N–H and O–H groups in total. The monoisotopic (exact) mass is 335 g/mol. The van der Waals surface area contributed by atoms with Crippen molar-refractivity contribution < 1.29 is 18.7 Å². The quantitative estimate of drug-likeness (QED) is 0.838. The third kappa shape index (κ3) is 3.47. The lowest BCUT2D eigenvalue weighted by Crippen LogP contribution is -2.24. The predicted molar refractivity (Wildman–Crippen MR) is 87.7 cm³/mol. The molecule has 1 aliphatic carbocycles. The number of hydrogen-bond acceptors (Lipinski definition) is 5. The number of esters is 1. The number of nitrogens with one attached hydrogen (secondary N) is 1. The van der Waals surface area contributed by atoms with E-state index in [9.17, 15) is 9.59 Å². The van der Waals surface area contributed by atoms with E-state index >= 15 is 0 Å². The highest BCUT2D eigenvalue weighted by molar-refractivity contribution is 8.04. The van der Waals surface area contributed by atoms with E-state index in [1.165, 1.54) is 7.11 Å². The van der Waals surface area contributed by atoms with Crippen molar-refractivity contribution in [3.63, 3.8) is 0 Å². The van der Waals surface area contributed by atoms with E-state index in [1.807, 2.05) is 19.1 Å². The molecule has 0 radical (unpaired) electrons. The molecule has 0 aromatic carbocycles. The number of carbonyl (C=O) groups is 2. The van der Waals surface area contributed by atoms with Gasteiger partial charge in [0.2, 0.25) is 5.91 Å². The topological polar surface area (TPSA) is 68.5 Å². The Morgan fingerprint density at radius 1 is 1.39 bits per heavy atom. The van der Waals surface area contributed by atoms with E-state index in [2.05, 4.69) is 5.32 Å². The molecule has 5 nitrogen and oxygen atoms in total. The van der Waals surface area contributed by atoms with E-state index in [-0.39, 0.29) is 17.8 Å². The Bertz CT molecular complexity index is 649. The Kier molecular flexibility index (Phi) is 4.80. The van der Waals surface area contributed by atoms with Gasteiger partial charge in [-0.1, -0.05) is 6.42 Å². The Labute approximate surface area is 139 Å². The van der Waals surface area contributed by atoms with E-state index in [4.69, 9.17) is 9.15 Å². The summed E-state index contributed by atoms with van der Waals surface area (Å²) in [7, 11) is 1.39. The number of aryl methyl sites for hydroxylation is 2. The van der Waals surface area contributed by atoms with Gasteiger partial charge in [0.15, 0.2) is 0 Å². The Balaban J connectivity index is 1.64. The van der Waals surface area contributed by atoms with E-state index in [0.29, 0.717) is 28.7 Å². The third-order valence-electron chi connectivity index (χ3n) is 4.39. The zero-order valence-corrected chi connectivity index (χ0v) is 14.2. The zero-order valence-electron chi connectivity index (χ0n) is 13.4. The van der Waals surface area contributed by atoms with Crippen LogP contribution in [0.4, 0.5) is 0 Å². The van der Waals surface area contributed by atoms with Crippen LogP contribution >= 0.6 is 11.8 Å². The minimum Gasteiger partial charge on any atom is -0.466 e. The molecule has 0 unspecified atom stereocenters. The molecule has 2 heterocycles. The Hall–Kier alpha value is -1.69. The van der Waals surface area contributed by atoms with Gasteiger partial charge in [0.05, 0.1) is 17.7 Å². The molecule has 1 aromatic rings. The number of methoxy groups -OCH3 is 1. The molecule has 2 aliphatic rings. The molecule has 1 saturated carbocycles. The normalized spacial score (nSPS) is 23.0. The van der Waals surface area contributed by atoms with Crippen molar-refractivity contribution >= 4 is 23.6 Å². The second kappa shape index (κ2) is 6.83. The second-order valence-electron chi connectivity index (χ2n) is 5.99. The minimum atomic E-state index is -0.316. The fourth-order valence-electron chi connectivity index (χ4n) is 3.28. The summed E-state index contributed by atoms with van der Waals surface area (Å²) in [6.07, 6.45) is 4.09. The summed E-state index contributed by atoms with van der Waals surface area (Å²) in [5.74, 6) is 1.45. The summed E-state index contributed by atoms with van der Waals surface area (Å²) < 4.78 is 10.4. The molecule has 6 heteroatoms. The van der Waals surface area contributed by atoms with Crippen LogP contribution in [0.25, 0.3) is 0 Å². The van der Waals surface area contributed by atoms with Crippen molar-refractivity contribution in [1.29, 1.82) is 0 Å². The van der Waals surface area contributed by atoms with Gasteiger partial charge in [-0.15, -0.1) is 11.8 Å². The molecule has 0 spiro atoms. The zero-order chi connectivity index (χ0) is 16.4. The van der Waals surface area contributed by atoms with Crippen LogP contribution in [-0.4, -0.2) is 24.2 Å². The molecule has 1 aromatic heterocycles. The first-order chi connectivity index (χ1) is 11.1. The summed E-state index contributed by atoms with van der Waals surface area (Å²) in [5.41, 5.74) is 0.655. The lowest BCUT2D eigenvalue weighted by molar-refractivity contribution is -0.136. The summed E-state index contributed by atoms with van der Waals surface area (Å²) in [4.78, 5) is 24.3. The second-order valence-corrected chi connectivity index (χ2v) is 7.24. The summed E-state index contributed by atoms with van der Waals surface area (Å²) in [6.45, 7) is 1.88. The number of rotatable bonds is 5. The lowest BCUT2D eigenvalue weighted by atomic mass is 9.98. The maximum atomic E-state index is 12.2. The molecule has 0 saturated heterocycles. The SMILES string of the molecule is COC(=O)C1=C(NC(=O)CCc2ccc(C)o2)S[C@@H]2CCC[C@H]12. The first-order valence-electron chi connectivity index (χ1n) is 7.92. The average molecular weight is 335 g/mol. The Morgan fingerprint density at radius 2 is 2.22 bits per heavy atom. The van der Waals surface area contributed by atoms with Crippen LogP contribution in [0.1, 0.15) is 37.2 Å². The molecule has 0 bridgehead atoms. The highest BCUT2D eigenvalue weighted by Crippen LogP contribution is 2.49. The van der Waals surface area contributed by atoms with Crippen molar-refractivity contribution in [2.24, 2.45) is 5.92 Å². The molecule has 2 atom stereocenters. The van der Waals surface area contributed by atoms with Gasteiger partial charge in [0.25, 0.3) is 0 Å². The first-order valence-corrected chi connectivity index (χ1v) is 8.80. The van der Waals surface area contributed by atoms with Crippen molar-refractivity contribution in [2.75, 3.05) is 7.11 Å². The van der Waals surface area contributed by atoms with E-state index < -0.39 is 0 Å². The highest BCUT2D eigenvalue weighted by atomic mass is 32.2. The van der Waals surface area contributed by atoms with Crippen molar-refractivity contribution in [3.8, 4) is 0 Å². The van der Waals surface area contributed by atoms with Gasteiger partial charge >= 0.3 is 5.97 Å². The Morgan fingerprint density at radius 3 is 2.91 bits per heavy atom. The maximum absolute atomic E-state index is 12.2. The van der Waals surface area contributed by atoms with Crippen LogP contribution in [0.15, 0.2) is 27.2 Å². The third-order valence-corrected chi connectivity index (χ3v) is 5.81. The number of thioether (sulfide) groups is 1. The van der Waals surface area contributed by atoms with Crippen LogP contribution in [0.5, 0.6) is 0 Å². The molecule has 124 valence electrons. The minimum absolute atomic E-state index is 0.0945. The van der Waals surface area contributed by atoms with E-state index in [1.54, 1.807) is 11.8 Å². The van der Waals surface area contributed by atoms with Crippen molar-refractivity contribution in [2.45, 2.75) is 44.3 Å². The van der Waals surface area contributed by atoms with Crippen LogP contribution in [0, 0.1) is 12.8 Å². The first kappa shape index (κ1) is 16.2. The number of ether oxygens (including phenoxy) is 1. The van der Waals surface area contributed by atoms with Crippen molar-refractivity contribution in [1.82, 2.24) is 5.32 Å². The van der Waals surface area contributed by atoms with Crippen LogP contribution in [-0.2, 0) is 20.7 Å². The standard InChI is InChI=1S/C17H21NO4S/c1-10-6-7-11(22-10)8-9-14(19)18-16-15(17(20)21-2)12-4-3-5-13(12)23-16/h6-7,12-13H,3-5,8-9H2,1-2H3,(H,18,19)/t12-,13+/m0/s1. The largest absolute Gasteiger partial charge is 0.466 e. The van der Waals surface area contributed by atoms with Gasteiger partial charge in [-0.2, -0.15) is 0 Å². The smallest absolute Gasteiger partial charge is 0.336 e. The number of amides is 1. The van der Waals surface area contributed by atoms with Crippen LogP contribution < -0.4 is 5.32 Å². The number of carbonyl (C=O) groups excluding carboxylic acids is 2. The summed E-state index contributed by atoms with van der Waals surface area (Å²) >= 11 is 1.61. The highest BCUT2D eigenvalue weighted by Gasteiger charge is 2.42. The number of fused-ring (bicyclic) bond motifs is 1. The van der Waals surface area contributed by atoms with Gasteiger partial charge in [-0.05, 0) is 31.9 Å². The van der Waals surface area contributed by atoms with Crippen molar-refractivity contribution in [3.05, 3.63) is 34.3 Å². The average Bonchev–Trinajstić information content (AvgIpc) is 3.20. The molecule has 1 aliphatic heterocycles. The molecule has 1 amide bonds. The van der Waals surface area contributed by atoms with Gasteiger partial charge in [0, 0.05) is 24.0 Å².